The number of hydrogen-bond acceptors (Lipinski definition) is 5. The molecule has 176 valence electrons. The van der Waals surface area contributed by atoms with Crippen LogP contribution in [0.15, 0.2) is 72.3 Å². The van der Waals surface area contributed by atoms with E-state index in [0.29, 0.717) is 31.0 Å². The van der Waals surface area contributed by atoms with Gasteiger partial charge in [0.1, 0.15) is 11.5 Å². The Bertz CT molecular complexity index is 1240. The minimum Gasteiger partial charge on any atom is -0.507 e. The van der Waals surface area contributed by atoms with E-state index in [4.69, 9.17) is 4.74 Å². The molecule has 1 aliphatic rings. The number of hydrogen-bond donors (Lipinski definition) is 1. The fourth-order valence-electron chi connectivity index (χ4n) is 4.34. The maximum absolute atomic E-state index is 13.3. The number of rotatable bonds is 8. The van der Waals surface area contributed by atoms with Crippen LogP contribution in [0.5, 0.6) is 5.75 Å². The number of likely N-dealkylation sites (N-methyl/N-ethyl adjacent to an activating group) is 1. The molecule has 0 aromatic heterocycles. The summed E-state index contributed by atoms with van der Waals surface area (Å²) < 4.78 is 5.71. The van der Waals surface area contributed by atoms with Gasteiger partial charge in [-0.05, 0) is 49.0 Å². The van der Waals surface area contributed by atoms with Gasteiger partial charge in [0, 0.05) is 18.7 Å². The number of ether oxygens (including phenoxy) is 1. The maximum Gasteiger partial charge on any atom is 0.295 e. The van der Waals surface area contributed by atoms with Gasteiger partial charge in [0.2, 0.25) is 0 Å². The molecule has 0 saturated carbocycles. The van der Waals surface area contributed by atoms with Crippen LogP contribution in [0.3, 0.4) is 0 Å². The summed E-state index contributed by atoms with van der Waals surface area (Å²) in [5.41, 5.74) is 1.37. The molecule has 1 unspecified atom stereocenters. The van der Waals surface area contributed by atoms with E-state index < -0.39 is 17.7 Å². The Morgan fingerprint density at radius 2 is 1.76 bits per heavy atom. The van der Waals surface area contributed by atoms with Crippen LogP contribution in [-0.2, 0) is 9.59 Å². The first kappa shape index (κ1) is 23.5. The van der Waals surface area contributed by atoms with E-state index in [1.807, 2.05) is 74.4 Å². The van der Waals surface area contributed by atoms with Crippen LogP contribution < -0.4 is 4.74 Å². The monoisotopic (exact) mass is 458 g/mol. The number of nitrogens with zero attached hydrogens (tertiary/aromatic N) is 2. The summed E-state index contributed by atoms with van der Waals surface area (Å²) in [7, 11) is 3.84. The Hall–Kier alpha value is -3.64. The Labute approximate surface area is 200 Å². The van der Waals surface area contributed by atoms with Crippen LogP contribution in [0.25, 0.3) is 16.5 Å². The van der Waals surface area contributed by atoms with Crippen LogP contribution >= 0.6 is 0 Å². The molecule has 1 heterocycles. The summed E-state index contributed by atoms with van der Waals surface area (Å²) in [4.78, 5) is 30.0. The molecule has 3 aromatic carbocycles. The zero-order valence-electron chi connectivity index (χ0n) is 19.8. The summed E-state index contributed by atoms with van der Waals surface area (Å²) >= 11 is 0. The first-order chi connectivity index (χ1) is 16.4. The van der Waals surface area contributed by atoms with Crippen LogP contribution in [0.1, 0.15) is 30.5 Å². The predicted molar refractivity (Wildman–Crippen MR) is 134 cm³/mol. The van der Waals surface area contributed by atoms with Gasteiger partial charge in [-0.3, -0.25) is 9.59 Å². The van der Waals surface area contributed by atoms with Gasteiger partial charge in [-0.25, -0.2) is 0 Å². The number of carbonyl (C=O) groups excluding carboxylic acids is 2. The first-order valence-electron chi connectivity index (χ1n) is 11.6. The van der Waals surface area contributed by atoms with Crippen molar-refractivity contribution in [1.29, 1.82) is 0 Å². The molecule has 0 aliphatic carbocycles. The Balaban J connectivity index is 1.89. The molecule has 1 N–H and O–H groups in total. The highest BCUT2D eigenvalue weighted by Crippen LogP contribution is 2.42. The Kier molecular flexibility index (Phi) is 6.98. The molecule has 0 radical (unpaired) electrons. The van der Waals surface area contributed by atoms with E-state index in [0.717, 1.165) is 22.8 Å². The molecular weight excluding hydrogens is 428 g/mol. The summed E-state index contributed by atoms with van der Waals surface area (Å²) in [6, 6.07) is 20.0. The molecule has 1 amide bonds. The third-order valence-electron chi connectivity index (χ3n) is 6.03. The number of aliphatic hydroxyl groups excluding tert-OH is 1. The quantitative estimate of drug-likeness (QED) is 0.303. The third kappa shape index (κ3) is 4.54. The van der Waals surface area contributed by atoms with E-state index in [1.54, 1.807) is 23.1 Å². The molecule has 1 aliphatic heterocycles. The zero-order chi connectivity index (χ0) is 24.2. The van der Waals surface area contributed by atoms with Gasteiger partial charge in [-0.15, -0.1) is 0 Å². The molecule has 1 atom stereocenters. The van der Waals surface area contributed by atoms with E-state index in [2.05, 4.69) is 0 Å². The number of amides is 1. The number of Topliss-reactive ketones (excluding diaryl/α,β-unsaturated/α-hetero) is 1. The molecule has 4 rings (SSSR count). The second-order valence-corrected chi connectivity index (χ2v) is 8.74. The lowest BCUT2D eigenvalue weighted by Crippen LogP contribution is -2.35. The topological polar surface area (TPSA) is 70.1 Å². The van der Waals surface area contributed by atoms with Crippen molar-refractivity contribution in [1.82, 2.24) is 9.80 Å². The number of ketones is 1. The molecule has 3 aromatic rings. The highest BCUT2D eigenvalue weighted by molar-refractivity contribution is 6.46. The SMILES string of the molecule is CCCOc1cccc(/C(O)=C2/C(=O)C(=O)N(CCN(C)C)C2c2cccc3ccccc23)c1. The lowest BCUT2D eigenvalue weighted by atomic mass is 9.91. The van der Waals surface area contributed by atoms with Crippen molar-refractivity contribution in [3.05, 3.63) is 83.4 Å². The van der Waals surface area contributed by atoms with Crippen LogP contribution in [-0.4, -0.2) is 60.4 Å². The second kappa shape index (κ2) is 10.1. The minimum atomic E-state index is -0.689. The summed E-state index contributed by atoms with van der Waals surface area (Å²) in [5.74, 6) is -0.853. The molecule has 1 saturated heterocycles. The van der Waals surface area contributed by atoms with Crippen molar-refractivity contribution in [3.63, 3.8) is 0 Å². The lowest BCUT2D eigenvalue weighted by Gasteiger charge is -2.27. The minimum absolute atomic E-state index is 0.104. The average molecular weight is 459 g/mol. The largest absolute Gasteiger partial charge is 0.507 e. The van der Waals surface area contributed by atoms with Gasteiger partial charge in [-0.2, -0.15) is 0 Å². The average Bonchev–Trinajstić information content (AvgIpc) is 3.10. The first-order valence-corrected chi connectivity index (χ1v) is 11.6. The number of benzene rings is 3. The number of aliphatic hydroxyl groups is 1. The van der Waals surface area contributed by atoms with Crippen LogP contribution in [0.2, 0.25) is 0 Å². The van der Waals surface area contributed by atoms with Crippen molar-refractivity contribution in [2.24, 2.45) is 0 Å². The van der Waals surface area contributed by atoms with Gasteiger partial charge in [-0.1, -0.05) is 61.5 Å². The van der Waals surface area contributed by atoms with Gasteiger partial charge < -0.3 is 19.6 Å². The van der Waals surface area contributed by atoms with Crippen molar-refractivity contribution >= 4 is 28.2 Å². The highest BCUT2D eigenvalue weighted by Gasteiger charge is 2.46. The zero-order valence-corrected chi connectivity index (χ0v) is 19.8. The highest BCUT2D eigenvalue weighted by atomic mass is 16.5. The molecule has 34 heavy (non-hydrogen) atoms. The van der Waals surface area contributed by atoms with Crippen LogP contribution in [0, 0.1) is 0 Å². The normalized spacial score (nSPS) is 17.6. The van der Waals surface area contributed by atoms with Crippen molar-refractivity contribution < 1.29 is 19.4 Å². The second-order valence-electron chi connectivity index (χ2n) is 8.74. The predicted octanol–water partition coefficient (Wildman–Crippen LogP) is 4.61. The van der Waals surface area contributed by atoms with Crippen LogP contribution in [0.4, 0.5) is 0 Å². The van der Waals surface area contributed by atoms with E-state index >= 15 is 0 Å². The van der Waals surface area contributed by atoms with Gasteiger partial charge in [0.15, 0.2) is 0 Å². The standard InChI is InChI=1S/C28H30N2O4/c1-4-17-34-21-12-7-11-20(18-21)26(31)24-25(30(16-15-29(2)3)28(33)27(24)32)23-14-8-10-19-9-5-6-13-22(19)23/h5-14,18,25,31H,4,15-17H2,1-3H3/b26-24-. The molecule has 1 fully saturated rings. The smallest absolute Gasteiger partial charge is 0.295 e. The van der Waals surface area contributed by atoms with Gasteiger partial charge in [0.25, 0.3) is 11.7 Å². The molecule has 6 heteroatoms. The van der Waals surface area contributed by atoms with Gasteiger partial charge in [0.05, 0.1) is 18.2 Å². The number of fused-ring (bicyclic) bond motifs is 1. The Morgan fingerprint density at radius 3 is 2.53 bits per heavy atom. The summed E-state index contributed by atoms with van der Waals surface area (Å²) in [6.45, 7) is 3.52. The molecule has 0 bridgehead atoms. The number of likely N-dealkylation sites (tertiary alicyclic amines) is 1. The fraction of sp³-hybridized carbons (Fsp3) is 0.286. The maximum atomic E-state index is 13.3. The number of carbonyl (C=O) groups is 2. The van der Waals surface area contributed by atoms with Crippen molar-refractivity contribution in [2.45, 2.75) is 19.4 Å². The third-order valence-corrected chi connectivity index (χ3v) is 6.03. The fourth-order valence-corrected chi connectivity index (χ4v) is 4.34. The lowest BCUT2D eigenvalue weighted by molar-refractivity contribution is -0.140. The van der Waals surface area contributed by atoms with E-state index in [-0.39, 0.29) is 11.3 Å². The van der Waals surface area contributed by atoms with Crippen molar-refractivity contribution in [3.8, 4) is 5.75 Å². The Morgan fingerprint density at radius 1 is 1.03 bits per heavy atom. The molecule has 6 nitrogen and oxygen atoms in total. The molecular formula is C28H30N2O4. The van der Waals surface area contributed by atoms with E-state index in [1.165, 1.54) is 0 Å². The van der Waals surface area contributed by atoms with Crippen molar-refractivity contribution in [2.75, 3.05) is 33.8 Å². The van der Waals surface area contributed by atoms with E-state index in [9.17, 15) is 14.7 Å². The summed E-state index contributed by atoms with van der Waals surface area (Å²) in [6.07, 6.45) is 0.855. The molecule has 0 spiro atoms. The van der Waals surface area contributed by atoms with Gasteiger partial charge >= 0.3 is 0 Å². The summed E-state index contributed by atoms with van der Waals surface area (Å²) in [5, 5.41) is 13.3.